The summed E-state index contributed by atoms with van der Waals surface area (Å²) in [6, 6.07) is 6.62. The highest BCUT2D eigenvalue weighted by molar-refractivity contribution is 7.12. The molecular weight excluding hydrogens is 348 g/mol. The topological polar surface area (TPSA) is 101 Å². The predicted molar refractivity (Wildman–Crippen MR) is 91.1 cm³/mol. The van der Waals surface area contributed by atoms with Gasteiger partial charge in [0.2, 0.25) is 0 Å². The molecule has 0 saturated heterocycles. The normalized spacial score (nSPS) is 10.7. The second-order valence-corrected chi connectivity index (χ2v) is 5.98. The van der Waals surface area contributed by atoms with Crippen LogP contribution >= 0.6 is 11.3 Å². The Labute approximate surface area is 145 Å². The first kappa shape index (κ1) is 16.7. The minimum atomic E-state index is -0.516. The average molecular weight is 362 g/mol. The molecule has 0 aliphatic rings. The summed E-state index contributed by atoms with van der Waals surface area (Å²) in [5.74, 6) is 0.291. The van der Waals surface area contributed by atoms with Gasteiger partial charge in [-0.2, -0.15) is 0 Å². The van der Waals surface area contributed by atoms with Gasteiger partial charge >= 0.3 is 17.4 Å². The van der Waals surface area contributed by atoms with Gasteiger partial charge in [0.15, 0.2) is 5.75 Å². The van der Waals surface area contributed by atoms with Crippen LogP contribution in [0.4, 0.5) is 5.69 Å². The van der Waals surface area contributed by atoms with Crippen molar-refractivity contribution in [1.29, 1.82) is 0 Å². The molecule has 0 spiro atoms. The molecule has 9 nitrogen and oxygen atoms in total. The Morgan fingerprint density at radius 2 is 2.08 bits per heavy atom. The van der Waals surface area contributed by atoms with Crippen LogP contribution in [0, 0.1) is 17.0 Å². The number of rotatable bonds is 5. The summed E-state index contributed by atoms with van der Waals surface area (Å²) in [6.07, 6.45) is 0. The van der Waals surface area contributed by atoms with Crippen molar-refractivity contribution in [3.8, 4) is 22.5 Å². The zero-order chi connectivity index (χ0) is 18.1. The summed E-state index contributed by atoms with van der Waals surface area (Å²) in [5.41, 5.74) is 0.588. The summed E-state index contributed by atoms with van der Waals surface area (Å²) in [6.45, 7) is 1.80. The van der Waals surface area contributed by atoms with E-state index in [4.69, 9.17) is 9.47 Å². The molecule has 0 radical (unpaired) electrons. The van der Waals surface area contributed by atoms with Crippen molar-refractivity contribution in [3.05, 3.63) is 55.8 Å². The Kier molecular flexibility index (Phi) is 4.28. The molecule has 2 aromatic heterocycles. The Morgan fingerprint density at radius 3 is 2.76 bits per heavy atom. The second-order valence-electron chi connectivity index (χ2n) is 5.10. The fraction of sp³-hybridized carbons (Fsp3) is 0.200. The Hall–Kier alpha value is -3.14. The minimum Gasteiger partial charge on any atom is -0.467 e. The third-order valence-corrected chi connectivity index (χ3v) is 4.29. The molecule has 3 rings (SSSR count). The van der Waals surface area contributed by atoms with Crippen molar-refractivity contribution in [3.63, 3.8) is 0 Å². The smallest absolute Gasteiger partial charge is 0.353 e. The van der Waals surface area contributed by atoms with Crippen LogP contribution in [0.2, 0.25) is 0 Å². The van der Waals surface area contributed by atoms with Crippen LogP contribution in [0.3, 0.4) is 0 Å². The van der Waals surface area contributed by atoms with Gasteiger partial charge in [-0.3, -0.25) is 10.1 Å². The lowest BCUT2D eigenvalue weighted by atomic mass is 10.2. The maximum atomic E-state index is 12.5. The molecule has 2 heterocycles. The number of aryl methyl sites for hydroxylation is 2. The number of thiophene rings is 1. The van der Waals surface area contributed by atoms with Gasteiger partial charge in [0, 0.05) is 18.5 Å². The molecular formula is C15H14N4O5S. The van der Waals surface area contributed by atoms with Gasteiger partial charge in [-0.05, 0) is 18.6 Å². The van der Waals surface area contributed by atoms with E-state index in [2.05, 4.69) is 5.10 Å². The third-order valence-electron chi connectivity index (χ3n) is 3.51. The molecule has 0 amide bonds. The van der Waals surface area contributed by atoms with Crippen LogP contribution in [-0.2, 0) is 7.05 Å². The highest BCUT2D eigenvalue weighted by Gasteiger charge is 2.23. The number of ether oxygens (including phenoxy) is 2. The van der Waals surface area contributed by atoms with Crippen LogP contribution < -0.4 is 15.2 Å². The van der Waals surface area contributed by atoms with Gasteiger partial charge in [0.1, 0.15) is 5.69 Å². The average Bonchev–Trinajstić information content (AvgIpc) is 3.14. The molecule has 25 heavy (non-hydrogen) atoms. The lowest BCUT2D eigenvalue weighted by Crippen LogP contribution is -2.22. The first-order valence-electron chi connectivity index (χ1n) is 7.13. The lowest BCUT2D eigenvalue weighted by molar-refractivity contribution is -0.385. The molecule has 10 heteroatoms. The highest BCUT2D eigenvalue weighted by Crippen LogP contribution is 2.39. The fourth-order valence-electron chi connectivity index (χ4n) is 2.37. The van der Waals surface area contributed by atoms with E-state index in [9.17, 15) is 14.9 Å². The third kappa shape index (κ3) is 2.87. The number of nitrogens with zero attached hydrogens (tertiary/aromatic N) is 4. The van der Waals surface area contributed by atoms with Gasteiger partial charge in [0.25, 0.3) is 5.06 Å². The highest BCUT2D eigenvalue weighted by atomic mass is 32.1. The van der Waals surface area contributed by atoms with Crippen LogP contribution in [0.1, 0.15) is 5.56 Å². The van der Waals surface area contributed by atoms with E-state index >= 15 is 0 Å². The number of nitro groups is 1. The van der Waals surface area contributed by atoms with E-state index < -0.39 is 10.6 Å². The van der Waals surface area contributed by atoms with Crippen molar-refractivity contribution in [1.82, 2.24) is 14.3 Å². The SMILES string of the molecule is COc1nn(C)c(=O)n1-c1c(C)cccc1Oc1sccc1[N+](=O)[O-]. The van der Waals surface area contributed by atoms with E-state index in [0.29, 0.717) is 11.4 Å². The number of benzene rings is 1. The molecule has 1 aromatic carbocycles. The molecule has 0 atom stereocenters. The van der Waals surface area contributed by atoms with Gasteiger partial charge < -0.3 is 9.47 Å². The van der Waals surface area contributed by atoms with Crippen LogP contribution in [0.5, 0.6) is 16.8 Å². The lowest BCUT2D eigenvalue weighted by Gasteiger charge is -2.13. The molecule has 130 valence electrons. The van der Waals surface area contributed by atoms with Crippen molar-refractivity contribution in [2.45, 2.75) is 6.92 Å². The van der Waals surface area contributed by atoms with Gasteiger partial charge in [-0.25, -0.2) is 14.0 Å². The Bertz CT molecular complexity index is 1000. The number of hydrogen-bond acceptors (Lipinski definition) is 7. The van der Waals surface area contributed by atoms with Gasteiger partial charge in [-0.15, -0.1) is 16.4 Å². The summed E-state index contributed by atoms with van der Waals surface area (Å²) >= 11 is 1.10. The monoisotopic (exact) mass is 362 g/mol. The van der Waals surface area contributed by atoms with E-state index in [0.717, 1.165) is 21.6 Å². The van der Waals surface area contributed by atoms with Crippen molar-refractivity contribution in [2.24, 2.45) is 7.05 Å². The van der Waals surface area contributed by atoms with Crippen LogP contribution in [-0.4, -0.2) is 26.4 Å². The molecule has 0 aliphatic carbocycles. The molecule has 0 unspecified atom stereocenters. The number of aromatic nitrogens is 3. The molecule has 0 saturated carbocycles. The van der Waals surface area contributed by atoms with Gasteiger partial charge in [0.05, 0.1) is 12.0 Å². The first-order chi connectivity index (χ1) is 11.9. The largest absolute Gasteiger partial charge is 0.467 e. The molecule has 0 fully saturated rings. The van der Waals surface area contributed by atoms with Crippen molar-refractivity contribution >= 4 is 17.0 Å². The maximum Gasteiger partial charge on any atom is 0.353 e. The molecule has 0 aliphatic heterocycles. The van der Waals surface area contributed by atoms with E-state index in [1.165, 1.54) is 24.8 Å². The summed E-state index contributed by atoms with van der Waals surface area (Å²) < 4.78 is 13.4. The number of hydrogen-bond donors (Lipinski definition) is 0. The first-order valence-corrected chi connectivity index (χ1v) is 8.01. The van der Waals surface area contributed by atoms with E-state index in [1.54, 1.807) is 30.5 Å². The molecule has 3 aromatic rings. The fourth-order valence-corrected chi connectivity index (χ4v) is 3.09. The van der Waals surface area contributed by atoms with E-state index in [1.807, 2.05) is 0 Å². The van der Waals surface area contributed by atoms with Crippen LogP contribution in [0.25, 0.3) is 5.69 Å². The summed E-state index contributed by atoms with van der Waals surface area (Å²) in [5, 5.41) is 16.8. The Morgan fingerprint density at radius 1 is 1.32 bits per heavy atom. The zero-order valence-electron chi connectivity index (χ0n) is 13.6. The van der Waals surface area contributed by atoms with E-state index in [-0.39, 0.29) is 16.8 Å². The minimum absolute atomic E-state index is 0.0901. The molecule has 0 bridgehead atoms. The summed E-state index contributed by atoms with van der Waals surface area (Å²) in [4.78, 5) is 23.0. The Balaban J connectivity index is 2.18. The number of methoxy groups -OCH3 is 1. The predicted octanol–water partition coefficient (Wildman–Crippen LogP) is 2.65. The quantitative estimate of drug-likeness (QED) is 0.511. The number of para-hydroxylation sites is 1. The summed E-state index contributed by atoms with van der Waals surface area (Å²) in [7, 11) is 2.91. The van der Waals surface area contributed by atoms with Crippen LogP contribution in [0.15, 0.2) is 34.4 Å². The van der Waals surface area contributed by atoms with Crippen molar-refractivity contribution < 1.29 is 14.4 Å². The zero-order valence-corrected chi connectivity index (χ0v) is 14.4. The second kappa shape index (κ2) is 6.40. The molecule has 0 N–H and O–H groups in total. The standard InChI is InChI=1S/C15H14N4O5S/c1-9-5-4-6-11(24-13-10(19(21)22)7-8-25-13)12(9)18-14(23-3)16-17(2)15(18)20/h4-8H,1-3H3. The van der Waals surface area contributed by atoms with Gasteiger partial charge in [-0.1, -0.05) is 12.1 Å². The van der Waals surface area contributed by atoms with Crippen molar-refractivity contribution in [2.75, 3.05) is 7.11 Å². The maximum absolute atomic E-state index is 12.5.